The second-order valence-electron chi connectivity index (χ2n) is 7.82. The van der Waals surface area contributed by atoms with E-state index in [1.165, 1.54) is 18.2 Å². The first-order chi connectivity index (χ1) is 14.1. The minimum atomic E-state index is -0.121. The molecule has 2 aliphatic rings. The molecule has 150 valence electrons. The first-order valence-electron chi connectivity index (χ1n) is 10.3. The second kappa shape index (κ2) is 8.87. The predicted molar refractivity (Wildman–Crippen MR) is 119 cm³/mol. The lowest BCUT2D eigenvalue weighted by Gasteiger charge is -2.32. The van der Waals surface area contributed by atoms with E-state index in [4.69, 9.17) is 0 Å². The van der Waals surface area contributed by atoms with E-state index in [-0.39, 0.29) is 24.4 Å². The van der Waals surface area contributed by atoms with Crippen LogP contribution in [0.25, 0.3) is 6.08 Å². The topological polar surface area (TPSA) is 49.4 Å². The zero-order valence-electron chi connectivity index (χ0n) is 16.6. The standard InChI is InChI=1S/C24H26N2O2S/c1-17-9-5-6-12-19(17)25-23(27)16-26-20-13-7-8-14-21(20)29-22(24(26)28)15-18-10-3-2-4-11-18/h2-4,7-8,10-11,13-15,17,19H,5-6,9,12,16H2,1H3,(H,25,27)/b22-15-/t17-,19+/m1/s1. The number of thioether (sulfide) groups is 1. The molecule has 0 saturated heterocycles. The molecule has 1 aliphatic carbocycles. The number of carbonyl (C=O) groups excluding carboxylic acids is 2. The summed E-state index contributed by atoms with van der Waals surface area (Å²) in [6.45, 7) is 2.24. The molecule has 2 aromatic carbocycles. The summed E-state index contributed by atoms with van der Waals surface area (Å²) >= 11 is 1.47. The summed E-state index contributed by atoms with van der Waals surface area (Å²) in [5, 5.41) is 3.17. The Kier molecular flexibility index (Phi) is 6.05. The van der Waals surface area contributed by atoms with Crippen LogP contribution in [0.1, 0.15) is 38.2 Å². The Bertz CT molecular complexity index is 925. The largest absolute Gasteiger partial charge is 0.352 e. The normalized spacial score (nSPS) is 23.0. The molecule has 1 N–H and O–H groups in total. The molecule has 0 spiro atoms. The minimum absolute atomic E-state index is 0.0474. The molecule has 4 rings (SSSR count). The van der Waals surface area contributed by atoms with Crippen LogP contribution >= 0.6 is 11.8 Å². The number of para-hydroxylation sites is 1. The van der Waals surface area contributed by atoms with Gasteiger partial charge in [0.1, 0.15) is 6.54 Å². The van der Waals surface area contributed by atoms with Gasteiger partial charge < -0.3 is 5.32 Å². The molecule has 0 bridgehead atoms. The smallest absolute Gasteiger partial charge is 0.265 e. The lowest BCUT2D eigenvalue weighted by molar-refractivity contribution is -0.123. The third kappa shape index (κ3) is 4.56. The number of fused-ring (bicyclic) bond motifs is 1. The van der Waals surface area contributed by atoms with Gasteiger partial charge in [-0.15, -0.1) is 0 Å². The van der Waals surface area contributed by atoms with Crippen LogP contribution in [0.5, 0.6) is 0 Å². The van der Waals surface area contributed by atoms with E-state index in [0.29, 0.717) is 10.8 Å². The number of amides is 2. The zero-order valence-corrected chi connectivity index (χ0v) is 17.5. The Morgan fingerprint density at radius 3 is 2.62 bits per heavy atom. The molecule has 0 unspecified atom stereocenters. The maximum atomic E-state index is 13.2. The lowest BCUT2D eigenvalue weighted by Crippen LogP contribution is -2.48. The number of hydrogen-bond donors (Lipinski definition) is 1. The van der Waals surface area contributed by atoms with Crippen LogP contribution in [-0.4, -0.2) is 24.4 Å². The number of benzene rings is 2. The van der Waals surface area contributed by atoms with Crippen molar-refractivity contribution in [2.45, 2.75) is 43.5 Å². The van der Waals surface area contributed by atoms with Crippen molar-refractivity contribution in [3.8, 4) is 0 Å². The third-order valence-electron chi connectivity index (χ3n) is 5.69. The summed E-state index contributed by atoms with van der Waals surface area (Å²) in [6.07, 6.45) is 6.46. The first-order valence-corrected chi connectivity index (χ1v) is 11.1. The summed E-state index contributed by atoms with van der Waals surface area (Å²) in [6, 6.07) is 17.8. The van der Waals surface area contributed by atoms with Gasteiger partial charge in [-0.3, -0.25) is 14.5 Å². The van der Waals surface area contributed by atoms with Gasteiger partial charge in [-0.25, -0.2) is 0 Å². The van der Waals surface area contributed by atoms with Gasteiger partial charge in [0.15, 0.2) is 0 Å². The maximum Gasteiger partial charge on any atom is 0.265 e. The maximum absolute atomic E-state index is 13.2. The highest BCUT2D eigenvalue weighted by molar-refractivity contribution is 8.04. The minimum Gasteiger partial charge on any atom is -0.352 e. The van der Waals surface area contributed by atoms with Gasteiger partial charge in [-0.1, -0.05) is 74.0 Å². The van der Waals surface area contributed by atoms with Crippen molar-refractivity contribution in [1.29, 1.82) is 0 Å². The number of nitrogens with zero attached hydrogens (tertiary/aromatic N) is 1. The molecular formula is C24H26N2O2S. The summed E-state index contributed by atoms with van der Waals surface area (Å²) in [7, 11) is 0. The lowest BCUT2D eigenvalue weighted by atomic mass is 9.86. The average Bonchev–Trinajstić information content (AvgIpc) is 2.73. The van der Waals surface area contributed by atoms with Crippen molar-refractivity contribution in [3.63, 3.8) is 0 Å². The number of nitrogens with one attached hydrogen (secondary N) is 1. The van der Waals surface area contributed by atoms with E-state index in [0.717, 1.165) is 35.4 Å². The Morgan fingerprint density at radius 2 is 1.83 bits per heavy atom. The second-order valence-corrected chi connectivity index (χ2v) is 8.90. The zero-order chi connectivity index (χ0) is 20.2. The van der Waals surface area contributed by atoms with E-state index in [1.807, 2.05) is 60.7 Å². The Morgan fingerprint density at radius 1 is 1.10 bits per heavy atom. The summed E-state index contributed by atoms with van der Waals surface area (Å²) in [5.41, 5.74) is 1.78. The molecule has 2 aromatic rings. The molecule has 0 radical (unpaired) electrons. The fourth-order valence-corrected chi connectivity index (χ4v) is 5.11. The van der Waals surface area contributed by atoms with Crippen LogP contribution in [0, 0.1) is 5.92 Å². The molecule has 1 aliphatic heterocycles. The average molecular weight is 407 g/mol. The van der Waals surface area contributed by atoms with Crippen molar-refractivity contribution in [3.05, 3.63) is 65.1 Å². The van der Waals surface area contributed by atoms with E-state index in [1.54, 1.807) is 4.90 Å². The molecule has 5 heteroatoms. The highest BCUT2D eigenvalue weighted by Gasteiger charge is 2.31. The van der Waals surface area contributed by atoms with Crippen molar-refractivity contribution in [1.82, 2.24) is 5.32 Å². The molecule has 2 amide bonds. The highest BCUT2D eigenvalue weighted by atomic mass is 32.2. The van der Waals surface area contributed by atoms with Gasteiger partial charge in [-0.05, 0) is 42.5 Å². The van der Waals surface area contributed by atoms with Gasteiger partial charge in [0.05, 0.1) is 10.6 Å². The molecule has 1 fully saturated rings. The fourth-order valence-electron chi connectivity index (χ4n) is 4.05. The molecule has 0 aromatic heterocycles. The number of hydrogen-bond acceptors (Lipinski definition) is 3. The SMILES string of the molecule is C[C@@H]1CCCC[C@@H]1NC(=O)CN1C(=O)/C(=C/c2ccccc2)Sc2ccccc21. The molecular weight excluding hydrogens is 380 g/mol. The van der Waals surface area contributed by atoms with Crippen LogP contribution in [0.15, 0.2) is 64.4 Å². The summed E-state index contributed by atoms with van der Waals surface area (Å²) in [5.74, 6) is 0.281. The Balaban J connectivity index is 1.56. The van der Waals surface area contributed by atoms with Crippen molar-refractivity contribution >= 4 is 35.3 Å². The molecule has 1 saturated carbocycles. The van der Waals surface area contributed by atoms with Crippen LogP contribution in [0.2, 0.25) is 0 Å². The van der Waals surface area contributed by atoms with E-state index in [9.17, 15) is 9.59 Å². The van der Waals surface area contributed by atoms with Crippen LogP contribution in [0.3, 0.4) is 0 Å². The quantitative estimate of drug-likeness (QED) is 0.738. The Hall–Kier alpha value is -2.53. The first kappa shape index (κ1) is 19.8. The molecule has 1 heterocycles. The summed E-state index contributed by atoms with van der Waals surface area (Å²) in [4.78, 5) is 29.3. The van der Waals surface area contributed by atoms with Crippen molar-refractivity contribution < 1.29 is 9.59 Å². The summed E-state index contributed by atoms with van der Waals surface area (Å²) < 4.78 is 0. The third-order valence-corrected chi connectivity index (χ3v) is 6.77. The van der Waals surface area contributed by atoms with Gasteiger partial charge >= 0.3 is 0 Å². The molecule has 2 atom stereocenters. The van der Waals surface area contributed by atoms with Crippen molar-refractivity contribution in [2.75, 3.05) is 11.4 Å². The monoisotopic (exact) mass is 406 g/mol. The highest BCUT2D eigenvalue weighted by Crippen LogP contribution is 2.41. The fraction of sp³-hybridized carbons (Fsp3) is 0.333. The number of anilines is 1. The van der Waals surface area contributed by atoms with Gasteiger partial charge in [0.25, 0.3) is 5.91 Å². The molecule has 29 heavy (non-hydrogen) atoms. The van der Waals surface area contributed by atoms with E-state index in [2.05, 4.69) is 12.2 Å². The number of carbonyl (C=O) groups is 2. The predicted octanol–water partition coefficient (Wildman–Crippen LogP) is 4.86. The molecule has 4 nitrogen and oxygen atoms in total. The van der Waals surface area contributed by atoms with Crippen molar-refractivity contribution in [2.24, 2.45) is 5.92 Å². The van der Waals surface area contributed by atoms with Crippen LogP contribution in [-0.2, 0) is 9.59 Å². The van der Waals surface area contributed by atoms with Crippen LogP contribution in [0.4, 0.5) is 5.69 Å². The van der Waals surface area contributed by atoms with Crippen LogP contribution < -0.4 is 10.2 Å². The van der Waals surface area contributed by atoms with Gasteiger partial charge in [-0.2, -0.15) is 0 Å². The van der Waals surface area contributed by atoms with Gasteiger partial charge in [0, 0.05) is 10.9 Å². The van der Waals surface area contributed by atoms with E-state index >= 15 is 0 Å². The Labute approximate surface area is 176 Å². The number of rotatable bonds is 4. The van der Waals surface area contributed by atoms with E-state index < -0.39 is 0 Å². The van der Waals surface area contributed by atoms with Gasteiger partial charge in [0.2, 0.25) is 5.91 Å².